The van der Waals surface area contributed by atoms with Gasteiger partial charge in [-0.25, -0.2) is 4.79 Å². The van der Waals surface area contributed by atoms with E-state index < -0.39 is 11.7 Å². The second-order valence-corrected chi connectivity index (χ2v) is 7.74. The largest absolute Gasteiger partial charge is 0.444 e. The summed E-state index contributed by atoms with van der Waals surface area (Å²) >= 11 is 3.17. The zero-order valence-corrected chi connectivity index (χ0v) is 16.8. The molecule has 0 atom stereocenters. The number of alkyl carbamates (subject to hydrolysis) is 1. The van der Waals surface area contributed by atoms with Crippen molar-refractivity contribution in [2.75, 3.05) is 32.7 Å². The van der Waals surface area contributed by atoms with Crippen LogP contribution in [-0.4, -0.2) is 66.0 Å². The molecule has 0 bridgehead atoms. The van der Waals surface area contributed by atoms with Gasteiger partial charge in [0.05, 0.1) is 0 Å². The van der Waals surface area contributed by atoms with Crippen LogP contribution in [0.3, 0.4) is 0 Å². The number of piperazine rings is 1. The van der Waals surface area contributed by atoms with Gasteiger partial charge in [-0.3, -0.25) is 9.59 Å². The lowest BCUT2D eigenvalue weighted by molar-refractivity contribution is -0.132. The van der Waals surface area contributed by atoms with E-state index in [2.05, 4.69) is 21.2 Å². The molecule has 0 saturated carbocycles. The Morgan fingerprint density at radius 2 is 1.77 bits per heavy atom. The third kappa shape index (κ3) is 6.05. The average Bonchev–Trinajstić information content (AvgIpc) is 2.99. The van der Waals surface area contributed by atoms with Gasteiger partial charge in [-0.2, -0.15) is 0 Å². The molecular formula is C17H24BrN3O5. The molecule has 2 rings (SSSR count). The second-order valence-electron chi connectivity index (χ2n) is 6.96. The summed E-state index contributed by atoms with van der Waals surface area (Å²) in [6.07, 6.45) is -0.344. The molecule has 0 spiro atoms. The number of halogens is 1. The van der Waals surface area contributed by atoms with Crippen molar-refractivity contribution < 1.29 is 23.5 Å². The van der Waals surface area contributed by atoms with E-state index in [1.807, 2.05) is 0 Å². The Kier molecular flexibility index (Phi) is 6.69. The van der Waals surface area contributed by atoms with E-state index in [4.69, 9.17) is 9.15 Å². The van der Waals surface area contributed by atoms with E-state index in [1.54, 1.807) is 42.7 Å². The van der Waals surface area contributed by atoms with Crippen molar-refractivity contribution in [1.82, 2.24) is 15.1 Å². The number of carbonyl (C=O) groups is 3. The number of carbonyl (C=O) groups excluding carboxylic acids is 3. The molecular weight excluding hydrogens is 406 g/mol. The number of ether oxygens (including phenoxy) is 1. The topological polar surface area (TPSA) is 92.1 Å². The minimum atomic E-state index is -0.569. The Morgan fingerprint density at radius 3 is 2.31 bits per heavy atom. The fourth-order valence-corrected chi connectivity index (χ4v) is 2.79. The van der Waals surface area contributed by atoms with Crippen LogP contribution in [0.4, 0.5) is 4.79 Å². The van der Waals surface area contributed by atoms with Gasteiger partial charge in [-0.15, -0.1) is 0 Å². The summed E-state index contributed by atoms with van der Waals surface area (Å²) < 4.78 is 10.9. The van der Waals surface area contributed by atoms with Crippen LogP contribution < -0.4 is 5.32 Å². The molecule has 0 radical (unpaired) electrons. The Balaban J connectivity index is 1.71. The molecule has 26 heavy (non-hydrogen) atoms. The molecule has 144 valence electrons. The molecule has 9 heteroatoms. The Hall–Kier alpha value is -2.03. The predicted octanol–water partition coefficient (Wildman–Crippen LogP) is 2.24. The minimum Gasteiger partial charge on any atom is -0.444 e. The van der Waals surface area contributed by atoms with Crippen molar-refractivity contribution >= 4 is 33.8 Å². The smallest absolute Gasteiger partial charge is 0.407 e. The first kappa shape index (κ1) is 20.3. The Morgan fingerprint density at radius 1 is 1.15 bits per heavy atom. The predicted molar refractivity (Wildman–Crippen MR) is 97.7 cm³/mol. The third-order valence-corrected chi connectivity index (χ3v) is 4.14. The maximum atomic E-state index is 12.3. The van der Waals surface area contributed by atoms with Crippen molar-refractivity contribution in [3.63, 3.8) is 0 Å². The highest BCUT2D eigenvalue weighted by molar-refractivity contribution is 9.10. The molecule has 1 aromatic rings. The van der Waals surface area contributed by atoms with Gasteiger partial charge in [0.2, 0.25) is 5.91 Å². The van der Waals surface area contributed by atoms with Crippen molar-refractivity contribution in [2.45, 2.75) is 32.8 Å². The highest BCUT2D eigenvalue weighted by Gasteiger charge is 2.26. The van der Waals surface area contributed by atoms with Crippen LogP contribution in [0.25, 0.3) is 0 Å². The summed E-state index contributed by atoms with van der Waals surface area (Å²) in [7, 11) is 0. The molecule has 1 aromatic heterocycles. The van der Waals surface area contributed by atoms with Crippen molar-refractivity contribution in [3.8, 4) is 0 Å². The van der Waals surface area contributed by atoms with Crippen LogP contribution in [0.5, 0.6) is 0 Å². The quantitative estimate of drug-likeness (QED) is 0.791. The highest BCUT2D eigenvalue weighted by Crippen LogP contribution is 2.17. The molecule has 0 unspecified atom stereocenters. The third-order valence-electron chi connectivity index (χ3n) is 3.71. The van der Waals surface area contributed by atoms with Crippen LogP contribution in [-0.2, 0) is 9.53 Å². The Labute approximate surface area is 160 Å². The number of hydrogen-bond acceptors (Lipinski definition) is 5. The lowest BCUT2D eigenvalue weighted by Gasteiger charge is -2.34. The van der Waals surface area contributed by atoms with Gasteiger partial charge in [-0.05, 0) is 48.8 Å². The summed E-state index contributed by atoms with van der Waals surface area (Å²) in [5.41, 5.74) is -0.569. The van der Waals surface area contributed by atoms with Crippen LogP contribution in [0.15, 0.2) is 21.2 Å². The van der Waals surface area contributed by atoms with Crippen LogP contribution >= 0.6 is 15.9 Å². The summed E-state index contributed by atoms with van der Waals surface area (Å²) in [6, 6.07) is 3.29. The van der Waals surface area contributed by atoms with E-state index in [0.717, 1.165) is 0 Å². The fraction of sp³-hybridized carbons (Fsp3) is 0.588. The number of amides is 3. The number of furan rings is 1. The standard InChI is InChI=1S/C17H24BrN3O5/c1-17(2,3)26-16(24)19-7-6-14(22)20-8-10-21(11-9-20)15(23)12-4-5-13(18)25-12/h4-5H,6-11H2,1-3H3,(H,19,24). The first-order valence-corrected chi connectivity index (χ1v) is 9.24. The van der Waals surface area contributed by atoms with Gasteiger partial charge < -0.3 is 24.3 Å². The first-order valence-electron chi connectivity index (χ1n) is 8.45. The molecule has 8 nitrogen and oxygen atoms in total. The zero-order valence-electron chi connectivity index (χ0n) is 15.2. The van der Waals surface area contributed by atoms with Gasteiger partial charge in [-0.1, -0.05) is 0 Å². The van der Waals surface area contributed by atoms with Gasteiger partial charge in [0.15, 0.2) is 10.4 Å². The maximum absolute atomic E-state index is 12.3. The molecule has 2 heterocycles. The van der Waals surface area contributed by atoms with E-state index in [1.165, 1.54) is 0 Å². The number of nitrogens with zero attached hydrogens (tertiary/aromatic N) is 2. The molecule has 0 aliphatic carbocycles. The molecule has 1 saturated heterocycles. The monoisotopic (exact) mass is 429 g/mol. The van der Waals surface area contributed by atoms with E-state index >= 15 is 0 Å². The maximum Gasteiger partial charge on any atom is 0.407 e. The van der Waals surface area contributed by atoms with Crippen molar-refractivity contribution in [2.24, 2.45) is 0 Å². The minimum absolute atomic E-state index is 0.0612. The van der Waals surface area contributed by atoms with Crippen molar-refractivity contribution in [1.29, 1.82) is 0 Å². The summed E-state index contributed by atoms with van der Waals surface area (Å²) in [5.74, 6) is 0.0292. The normalized spacial score (nSPS) is 14.9. The molecule has 1 aliphatic heterocycles. The highest BCUT2D eigenvalue weighted by atomic mass is 79.9. The molecule has 1 fully saturated rings. The van der Waals surface area contributed by atoms with Gasteiger partial charge >= 0.3 is 6.09 Å². The molecule has 1 aliphatic rings. The Bertz CT molecular complexity index is 660. The SMILES string of the molecule is CC(C)(C)OC(=O)NCCC(=O)N1CCN(C(=O)c2ccc(Br)o2)CC1. The summed E-state index contributed by atoms with van der Waals surface area (Å²) in [4.78, 5) is 39.4. The first-order chi connectivity index (χ1) is 12.2. The molecule has 3 amide bonds. The van der Waals surface area contributed by atoms with Crippen LogP contribution in [0, 0.1) is 0 Å². The molecule has 1 N–H and O–H groups in total. The van der Waals surface area contributed by atoms with Crippen molar-refractivity contribution in [3.05, 3.63) is 22.6 Å². The average molecular weight is 430 g/mol. The van der Waals surface area contributed by atoms with Gasteiger partial charge in [0.25, 0.3) is 5.91 Å². The number of rotatable bonds is 4. The summed E-state index contributed by atoms with van der Waals surface area (Å²) in [6.45, 7) is 7.36. The van der Waals surface area contributed by atoms with Gasteiger partial charge in [0, 0.05) is 39.1 Å². The van der Waals surface area contributed by atoms with E-state index in [9.17, 15) is 14.4 Å². The second kappa shape index (κ2) is 8.57. The summed E-state index contributed by atoms with van der Waals surface area (Å²) in [5, 5.41) is 2.57. The van der Waals surface area contributed by atoms with Crippen LogP contribution in [0.1, 0.15) is 37.7 Å². The lowest BCUT2D eigenvalue weighted by Crippen LogP contribution is -2.51. The van der Waals surface area contributed by atoms with Gasteiger partial charge in [0.1, 0.15) is 5.60 Å². The zero-order chi connectivity index (χ0) is 19.3. The van der Waals surface area contributed by atoms with E-state index in [0.29, 0.717) is 30.8 Å². The van der Waals surface area contributed by atoms with E-state index in [-0.39, 0.29) is 30.5 Å². The molecule has 0 aromatic carbocycles. The lowest BCUT2D eigenvalue weighted by atomic mass is 10.2. The fourth-order valence-electron chi connectivity index (χ4n) is 2.49. The number of hydrogen-bond donors (Lipinski definition) is 1. The number of nitrogens with one attached hydrogen (secondary N) is 1. The van der Waals surface area contributed by atoms with Crippen LogP contribution in [0.2, 0.25) is 0 Å².